The molecule has 8 aromatic heterocycles. The van der Waals surface area contributed by atoms with E-state index in [0.717, 1.165) is 138 Å². The lowest BCUT2D eigenvalue weighted by Gasteiger charge is -2.13. The van der Waals surface area contributed by atoms with Gasteiger partial charge in [0.05, 0.1) is 70.6 Å². The fourth-order valence-corrected chi connectivity index (χ4v) is 14.4. The van der Waals surface area contributed by atoms with Crippen molar-refractivity contribution in [2.75, 3.05) is 0 Å². The van der Waals surface area contributed by atoms with E-state index in [1.807, 2.05) is 23.6 Å². The summed E-state index contributed by atoms with van der Waals surface area (Å²) in [6, 6.07) is 84.3. The molecule has 0 saturated heterocycles. The summed E-state index contributed by atoms with van der Waals surface area (Å²) in [7, 11) is 0. The van der Waals surface area contributed by atoms with Crippen molar-refractivity contribution in [1.29, 1.82) is 0 Å². The van der Waals surface area contributed by atoms with Crippen LogP contribution in [-0.4, -0.2) is 29.9 Å². The molecule has 0 aliphatic rings. The molecule has 8 heteroatoms. The molecule has 9 aromatic carbocycles. The molecule has 0 unspecified atom stereocenters. The first-order valence-corrected chi connectivity index (χ1v) is 28.4. The van der Waals surface area contributed by atoms with Gasteiger partial charge in [-0.3, -0.25) is 4.98 Å². The summed E-state index contributed by atoms with van der Waals surface area (Å²) in [5.41, 5.74) is 20.2. The van der Waals surface area contributed by atoms with Gasteiger partial charge in [0.25, 0.3) is 0 Å². The van der Waals surface area contributed by atoms with Gasteiger partial charge >= 0.3 is 0 Å². The smallest absolute Gasteiger partial charge is 0.0972 e. The molecule has 370 valence electrons. The van der Waals surface area contributed by atoms with Crippen molar-refractivity contribution in [2.45, 2.75) is 0 Å². The van der Waals surface area contributed by atoms with E-state index in [1.54, 1.807) is 11.3 Å². The van der Waals surface area contributed by atoms with Crippen LogP contribution in [-0.2, 0) is 0 Å². The van der Waals surface area contributed by atoms with Crippen LogP contribution in [0.3, 0.4) is 0 Å². The van der Waals surface area contributed by atoms with Crippen LogP contribution in [0.1, 0.15) is 0 Å². The highest BCUT2D eigenvalue weighted by Gasteiger charge is 2.20. The summed E-state index contributed by atoms with van der Waals surface area (Å²) in [6.07, 6.45) is 1.84. The second kappa shape index (κ2) is 17.7. The lowest BCUT2D eigenvalue weighted by atomic mass is 9.95. The summed E-state index contributed by atoms with van der Waals surface area (Å²) in [4.78, 5) is 31.5. The van der Waals surface area contributed by atoms with Gasteiger partial charge in [0, 0.05) is 86.5 Å². The Labute approximate surface area is 465 Å². The molecular formula is C72H40N6S2. The summed E-state index contributed by atoms with van der Waals surface area (Å²) in [5, 5.41) is 8.82. The number of rotatable bonds is 6. The van der Waals surface area contributed by atoms with Crippen LogP contribution in [0.2, 0.25) is 0 Å². The van der Waals surface area contributed by atoms with Gasteiger partial charge in [-0.1, -0.05) is 170 Å². The van der Waals surface area contributed by atoms with Gasteiger partial charge in [0.2, 0.25) is 0 Å². The Morgan fingerprint density at radius 2 is 0.675 bits per heavy atom. The van der Waals surface area contributed by atoms with Crippen LogP contribution in [0.4, 0.5) is 0 Å². The highest BCUT2D eigenvalue weighted by molar-refractivity contribution is 7.26. The van der Waals surface area contributed by atoms with Crippen molar-refractivity contribution in [3.63, 3.8) is 0 Å². The first kappa shape index (κ1) is 45.0. The van der Waals surface area contributed by atoms with E-state index in [2.05, 4.69) is 231 Å². The Balaban J connectivity index is 0.751. The molecule has 6 nitrogen and oxygen atoms in total. The van der Waals surface area contributed by atoms with Gasteiger partial charge < -0.3 is 0 Å². The third kappa shape index (κ3) is 7.16. The first-order chi connectivity index (χ1) is 39.6. The maximum absolute atomic E-state index is 5.48. The molecule has 0 aliphatic carbocycles. The van der Waals surface area contributed by atoms with Crippen molar-refractivity contribution in [3.05, 3.63) is 243 Å². The molecule has 0 spiro atoms. The fraction of sp³-hybridized carbons (Fsp3) is 0. The third-order valence-electron chi connectivity index (χ3n) is 15.8. The van der Waals surface area contributed by atoms with Gasteiger partial charge in [-0.15, -0.1) is 22.7 Å². The molecule has 0 saturated carbocycles. The SMILES string of the molecule is c1cc(-c2ccc3c(-c4cccc(-c5ccc6ccc7cccnc7c6n5)c4)c4sc5ccccc5c4nc3c2)cc(-c2ccc3ccc4ccc(-c5cccc(-c6c7ccccc7nc7c6sc6ccccc67)c5)nc4c3n2)c1. The Bertz CT molecular complexity index is 5470. The molecule has 0 N–H and O–H groups in total. The number of hydrogen-bond donors (Lipinski definition) is 0. The largest absolute Gasteiger partial charge is 0.254 e. The van der Waals surface area contributed by atoms with Crippen LogP contribution in [0.25, 0.3) is 173 Å². The Morgan fingerprint density at radius 1 is 0.250 bits per heavy atom. The number of nitrogens with zero attached hydrogens (tertiary/aromatic N) is 6. The van der Waals surface area contributed by atoms with E-state index in [4.69, 9.17) is 29.9 Å². The average Bonchev–Trinajstić information content (AvgIpc) is 4.18. The van der Waals surface area contributed by atoms with Gasteiger partial charge in [0.1, 0.15) is 0 Å². The molecule has 8 heterocycles. The molecule has 17 rings (SSSR count). The van der Waals surface area contributed by atoms with Gasteiger partial charge in [0.15, 0.2) is 0 Å². The predicted molar refractivity (Wildman–Crippen MR) is 337 cm³/mol. The summed E-state index contributed by atoms with van der Waals surface area (Å²) >= 11 is 3.62. The van der Waals surface area contributed by atoms with Crippen molar-refractivity contribution >= 4 is 129 Å². The number of hydrogen-bond acceptors (Lipinski definition) is 8. The van der Waals surface area contributed by atoms with Crippen LogP contribution in [0.5, 0.6) is 0 Å². The molecular weight excluding hydrogens is 1010 g/mol. The Kier molecular flexibility index (Phi) is 9.95. The minimum Gasteiger partial charge on any atom is -0.254 e. The highest BCUT2D eigenvalue weighted by atomic mass is 32.1. The summed E-state index contributed by atoms with van der Waals surface area (Å²) < 4.78 is 4.82. The van der Waals surface area contributed by atoms with E-state index in [1.165, 1.54) is 35.3 Å². The molecule has 80 heavy (non-hydrogen) atoms. The zero-order valence-corrected chi connectivity index (χ0v) is 44.2. The molecule has 0 aliphatic heterocycles. The van der Waals surface area contributed by atoms with Gasteiger partial charge in [-0.05, 0) is 89.0 Å². The van der Waals surface area contributed by atoms with Crippen molar-refractivity contribution < 1.29 is 0 Å². The Morgan fingerprint density at radius 3 is 1.25 bits per heavy atom. The van der Waals surface area contributed by atoms with E-state index in [-0.39, 0.29) is 0 Å². The van der Waals surface area contributed by atoms with E-state index in [9.17, 15) is 0 Å². The number of thiophene rings is 2. The first-order valence-electron chi connectivity index (χ1n) is 26.7. The number of para-hydroxylation sites is 1. The molecule has 0 radical (unpaired) electrons. The van der Waals surface area contributed by atoms with E-state index < -0.39 is 0 Å². The number of fused-ring (bicyclic) bond motifs is 14. The van der Waals surface area contributed by atoms with Gasteiger partial charge in [-0.2, -0.15) is 0 Å². The minimum atomic E-state index is 0.871. The molecule has 0 fully saturated rings. The second-order valence-electron chi connectivity index (χ2n) is 20.5. The molecule has 0 bridgehead atoms. The van der Waals surface area contributed by atoms with Crippen LogP contribution >= 0.6 is 22.7 Å². The minimum absolute atomic E-state index is 0.871. The van der Waals surface area contributed by atoms with Crippen LogP contribution < -0.4 is 0 Å². The topological polar surface area (TPSA) is 77.3 Å². The standard InChI is InChI=1S/C72H40N6S2/c1-4-21-59-52(18-1)63(71-69(77-59)54-19-2-5-22-61(54)79-71)50-15-8-14-49(38-50)58-35-31-44-27-26-43-30-34-56(75-67(43)68(44)76-58)47-12-7-11-45(37-47)46-28-32-53-60(40-46)78-70-55-20-3-6-23-62(55)80-72(70)64(53)51-16-9-13-48(39-51)57-33-29-42-25-24-41-17-10-36-73-65(41)66(42)74-57/h1-40H. The molecule has 17 aromatic rings. The maximum atomic E-state index is 5.48. The highest BCUT2D eigenvalue weighted by Crippen LogP contribution is 2.46. The molecule has 0 atom stereocenters. The molecule has 0 amide bonds. The zero-order valence-electron chi connectivity index (χ0n) is 42.6. The van der Waals surface area contributed by atoms with Crippen LogP contribution in [0.15, 0.2) is 243 Å². The quantitative estimate of drug-likeness (QED) is 0.154. The van der Waals surface area contributed by atoms with Gasteiger partial charge in [-0.25, -0.2) is 24.9 Å². The predicted octanol–water partition coefficient (Wildman–Crippen LogP) is 19.7. The normalized spacial score (nSPS) is 12.0. The maximum Gasteiger partial charge on any atom is 0.0972 e. The van der Waals surface area contributed by atoms with Crippen molar-refractivity contribution in [3.8, 4) is 67.2 Å². The lowest BCUT2D eigenvalue weighted by molar-refractivity contribution is 1.36. The second-order valence-corrected chi connectivity index (χ2v) is 22.6. The fourth-order valence-electron chi connectivity index (χ4n) is 12.0. The zero-order chi connectivity index (χ0) is 52.4. The van der Waals surface area contributed by atoms with Crippen molar-refractivity contribution in [2.24, 2.45) is 0 Å². The average molecular weight is 1050 g/mol. The Hall–Kier alpha value is -10.1. The number of pyridine rings is 6. The van der Waals surface area contributed by atoms with E-state index >= 15 is 0 Å². The van der Waals surface area contributed by atoms with E-state index in [0.29, 0.717) is 0 Å². The summed E-state index contributed by atoms with van der Waals surface area (Å²) in [6.45, 7) is 0. The van der Waals surface area contributed by atoms with Crippen LogP contribution in [0, 0.1) is 0 Å². The summed E-state index contributed by atoms with van der Waals surface area (Å²) in [5.74, 6) is 0. The van der Waals surface area contributed by atoms with Crippen molar-refractivity contribution in [1.82, 2.24) is 29.9 Å². The monoisotopic (exact) mass is 1050 g/mol. The number of aromatic nitrogens is 6. The number of benzene rings is 9. The third-order valence-corrected chi connectivity index (χ3v) is 18.2. The lowest BCUT2D eigenvalue weighted by Crippen LogP contribution is -1.92.